The van der Waals surface area contributed by atoms with Gasteiger partial charge in [-0.1, -0.05) is 17.3 Å². The molecule has 9 heteroatoms. The highest BCUT2D eigenvalue weighted by Gasteiger charge is 2.01. The molecule has 0 amide bonds. The van der Waals surface area contributed by atoms with Crippen LogP contribution in [0.5, 0.6) is 0 Å². The molecule has 9 nitrogen and oxygen atoms in total. The van der Waals surface area contributed by atoms with Gasteiger partial charge in [-0.2, -0.15) is 0 Å². The van der Waals surface area contributed by atoms with Crippen molar-refractivity contribution < 1.29 is 14.7 Å². The van der Waals surface area contributed by atoms with Gasteiger partial charge < -0.3 is 20.2 Å². The van der Waals surface area contributed by atoms with Crippen LogP contribution in [0.4, 0.5) is 0 Å². The van der Waals surface area contributed by atoms with Crippen LogP contribution in [-0.2, 0) is 11.4 Å². The number of nitrogens with zero attached hydrogens (tertiary/aromatic N) is 1. The first-order valence-corrected chi connectivity index (χ1v) is 7.56. The lowest BCUT2D eigenvalue weighted by Crippen LogP contribution is -2.22. The van der Waals surface area contributed by atoms with E-state index in [2.05, 4.69) is 20.4 Å². The van der Waals surface area contributed by atoms with Crippen LogP contribution in [0.2, 0.25) is 0 Å². The Morgan fingerprint density at radius 1 is 1.24 bits per heavy atom. The number of nitrogens with one attached hydrogen (secondary N) is 3. The molecule has 0 bridgehead atoms. The van der Waals surface area contributed by atoms with E-state index in [0.717, 1.165) is 5.56 Å². The van der Waals surface area contributed by atoms with Gasteiger partial charge in [-0.05, 0) is 30.7 Å². The summed E-state index contributed by atoms with van der Waals surface area (Å²) >= 11 is 0. The van der Waals surface area contributed by atoms with Crippen LogP contribution in [0.15, 0.2) is 45.1 Å². The van der Waals surface area contributed by atoms with Crippen LogP contribution in [0.3, 0.4) is 0 Å². The van der Waals surface area contributed by atoms with Crippen molar-refractivity contribution in [2.24, 2.45) is 5.16 Å². The molecule has 0 unspecified atom stereocenters. The SMILES string of the molecule is O=C(O)c1ccc(CNCCCO/N=C/c2cc(=O)[nH]c(=O)[nH]2)cc1. The summed E-state index contributed by atoms with van der Waals surface area (Å²) in [4.78, 5) is 42.3. The second-order valence-electron chi connectivity index (χ2n) is 5.14. The van der Waals surface area contributed by atoms with Crippen molar-refractivity contribution in [1.29, 1.82) is 0 Å². The topological polar surface area (TPSA) is 137 Å². The number of rotatable bonds is 9. The smallest absolute Gasteiger partial charge is 0.335 e. The number of aromatic carboxylic acids is 1. The van der Waals surface area contributed by atoms with Crippen molar-refractivity contribution in [2.45, 2.75) is 13.0 Å². The molecule has 1 aromatic carbocycles. The zero-order valence-electron chi connectivity index (χ0n) is 13.3. The summed E-state index contributed by atoms with van der Waals surface area (Å²) in [7, 11) is 0. The Labute approximate surface area is 142 Å². The number of aromatic amines is 2. The maximum Gasteiger partial charge on any atom is 0.335 e. The third-order valence-electron chi connectivity index (χ3n) is 3.17. The van der Waals surface area contributed by atoms with Crippen molar-refractivity contribution in [3.8, 4) is 0 Å². The fourth-order valence-corrected chi connectivity index (χ4v) is 1.96. The van der Waals surface area contributed by atoms with E-state index in [1.165, 1.54) is 12.3 Å². The Hall–Kier alpha value is -3.20. The highest BCUT2D eigenvalue weighted by molar-refractivity contribution is 5.87. The number of H-pyrrole nitrogens is 2. The maximum atomic E-state index is 11.1. The van der Waals surface area contributed by atoms with E-state index in [9.17, 15) is 14.4 Å². The maximum absolute atomic E-state index is 11.1. The second-order valence-corrected chi connectivity index (χ2v) is 5.14. The number of oxime groups is 1. The van der Waals surface area contributed by atoms with Gasteiger partial charge >= 0.3 is 11.7 Å². The zero-order chi connectivity index (χ0) is 18.1. The summed E-state index contributed by atoms with van der Waals surface area (Å²) in [5.74, 6) is -0.943. The summed E-state index contributed by atoms with van der Waals surface area (Å²) in [5.41, 5.74) is 0.399. The summed E-state index contributed by atoms with van der Waals surface area (Å²) in [6.07, 6.45) is 1.96. The molecule has 2 aromatic rings. The van der Waals surface area contributed by atoms with E-state index >= 15 is 0 Å². The molecule has 132 valence electrons. The fraction of sp³-hybridized carbons (Fsp3) is 0.250. The minimum atomic E-state index is -0.943. The molecule has 0 saturated carbocycles. The molecular formula is C16H18N4O5. The van der Waals surface area contributed by atoms with Crippen molar-refractivity contribution in [3.05, 3.63) is 68.0 Å². The molecule has 0 aliphatic rings. The highest BCUT2D eigenvalue weighted by atomic mass is 16.6. The Morgan fingerprint density at radius 2 is 2.00 bits per heavy atom. The van der Waals surface area contributed by atoms with Crippen LogP contribution in [0, 0.1) is 0 Å². The van der Waals surface area contributed by atoms with Crippen LogP contribution in [0.1, 0.15) is 28.0 Å². The Morgan fingerprint density at radius 3 is 2.68 bits per heavy atom. The Balaban J connectivity index is 1.61. The molecular weight excluding hydrogens is 328 g/mol. The number of hydrogen-bond donors (Lipinski definition) is 4. The summed E-state index contributed by atoms with van der Waals surface area (Å²) in [5, 5.41) is 15.7. The summed E-state index contributed by atoms with van der Waals surface area (Å²) < 4.78 is 0. The summed E-state index contributed by atoms with van der Waals surface area (Å²) in [6, 6.07) is 7.86. The molecule has 25 heavy (non-hydrogen) atoms. The first-order valence-electron chi connectivity index (χ1n) is 7.56. The van der Waals surface area contributed by atoms with Crippen LogP contribution < -0.4 is 16.6 Å². The predicted molar refractivity (Wildman–Crippen MR) is 91.0 cm³/mol. The second kappa shape index (κ2) is 9.18. The Bertz CT molecular complexity index is 810. The van der Waals surface area contributed by atoms with Crippen LogP contribution in [0.25, 0.3) is 0 Å². The lowest BCUT2D eigenvalue weighted by molar-refractivity contribution is 0.0697. The van der Waals surface area contributed by atoms with Gasteiger partial charge in [-0.25, -0.2) is 9.59 Å². The van der Waals surface area contributed by atoms with Gasteiger partial charge in [0.1, 0.15) is 6.61 Å². The molecule has 1 aromatic heterocycles. The lowest BCUT2D eigenvalue weighted by atomic mass is 10.1. The van der Waals surface area contributed by atoms with E-state index in [-0.39, 0.29) is 11.3 Å². The molecule has 0 spiro atoms. The van der Waals surface area contributed by atoms with Gasteiger partial charge in [-0.3, -0.25) is 9.78 Å². The molecule has 0 saturated heterocycles. The van der Waals surface area contributed by atoms with E-state index < -0.39 is 17.2 Å². The van der Waals surface area contributed by atoms with E-state index in [0.29, 0.717) is 26.1 Å². The molecule has 1 heterocycles. The minimum Gasteiger partial charge on any atom is -0.478 e. The van der Waals surface area contributed by atoms with Gasteiger partial charge in [0.15, 0.2) is 0 Å². The average Bonchev–Trinajstić information content (AvgIpc) is 2.57. The number of aromatic nitrogens is 2. The first-order chi connectivity index (χ1) is 12.0. The van der Waals surface area contributed by atoms with Crippen molar-refractivity contribution in [3.63, 3.8) is 0 Å². The number of carboxylic acids is 1. The van der Waals surface area contributed by atoms with E-state index in [1.54, 1.807) is 24.3 Å². The third kappa shape index (κ3) is 6.43. The third-order valence-corrected chi connectivity index (χ3v) is 3.17. The number of benzene rings is 1. The zero-order valence-corrected chi connectivity index (χ0v) is 13.3. The molecule has 2 rings (SSSR count). The van der Waals surface area contributed by atoms with Gasteiger partial charge in [-0.15, -0.1) is 0 Å². The minimum absolute atomic E-state index is 0.261. The molecule has 0 fully saturated rings. The number of hydrogen-bond acceptors (Lipinski definition) is 6. The fourth-order valence-electron chi connectivity index (χ4n) is 1.96. The van der Waals surface area contributed by atoms with Crippen molar-refractivity contribution in [2.75, 3.05) is 13.2 Å². The standard InChI is InChI=1S/C16H18N4O5/c21-14-8-13(19-16(24)20-14)10-18-25-7-1-6-17-9-11-2-4-12(5-3-11)15(22)23/h2-5,8,10,17H,1,6-7,9H2,(H,22,23)(H2,19,20,21,24)/b18-10+. The van der Waals surface area contributed by atoms with Gasteiger partial charge in [0.2, 0.25) is 0 Å². The quantitative estimate of drug-likeness (QED) is 0.293. The number of carbonyl (C=O) groups is 1. The van der Waals surface area contributed by atoms with Gasteiger partial charge in [0, 0.05) is 12.6 Å². The molecule has 0 atom stereocenters. The molecule has 0 radical (unpaired) electrons. The van der Waals surface area contributed by atoms with Crippen LogP contribution >= 0.6 is 0 Å². The monoisotopic (exact) mass is 346 g/mol. The average molecular weight is 346 g/mol. The highest BCUT2D eigenvalue weighted by Crippen LogP contribution is 2.04. The van der Waals surface area contributed by atoms with Crippen molar-refractivity contribution in [1.82, 2.24) is 15.3 Å². The number of carboxylic acid groups (broad SMARTS) is 1. The largest absolute Gasteiger partial charge is 0.478 e. The molecule has 0 aliphatic carbocycles. The van der Waals surface area contributed by atoms with Gasteiger partial charge in [0.25, 0.3) is 5.56 Å². The first kappa shape index (κ1) is 18.1. The van der Waals surface area contributed by atoms with Gasteiger partial charge in [0.05, 0.1) is 17.5 Å². The lowest BCUT2D eigenvalue weighted by Gasteiger charge is -2.05. The Kier molecular flexibility index (Phi) is 6.66. The normalized spacial score (nSPS) is 10.9. The molecule has 0 aliphatic heterocycles. The molecule has 4 N–H and O–H groups in total. The van der Waals surface area contributed by atoms with Crippen molar-refractivity contribution >= 4 is 12.2 Å². The van der Waals surface area contributed by atoms with Crippen LogP contribution in [-0.4, -0.2) is 40.4 Å². The van der Waals surface area contributed by atoms with E-state index in [1.807, 2.05) is 0 Å². The summed E-state index contributed by atoms with van der Waals surface area (Å²) in [6.45, 7) is 1.68. The van der Waals surface area contributed by atoms with E-state index in [4.69, 9.17) is 9.94 Å². The predicted octanol–water partition coefficient (Wildman–Crippen LogP) is 0.292.